The number of para-hydroxylation sites is 1. The summed E-state index contributed by atoms with van der Waals surface area (Å²) in [7, 11) is 0. The maximum Gasteiger partial charge on any atom is 0.135 e. The van der Waals surface area contributed by atoms with Crippen molar-refractivity contribution in [2.24, 2.45) is 0 Å². The van der Waals surface area contributed by atoms with Crippen LogP contribution < -0.4 is 4.74 Å². The van der Waals surface area contributed by atoms with E-state index < -0.39 is 0 Å². The van der Waals surface area contributed by atoms with Crippen molar-refractivity contribution < 1.29 is 4.74 Å². The van der Waals surface area contributed by atoms with Gasteiger partial charge in [0.2, 0.25) is 0 Å². The summed E-state index contributed by atoms with van der Waals surface area (Å²) in [5.74, 6) is 1.82. The topological polar surface area (TPSA) is 14.2 Å². The Bertz CT molecular complexity index is 3130. The largest absolute Gasteiger partial charge is 0.456 e. The third kappa shape index (κ3) is 3.68. The molecule has 1 aliphatic heterocycles. The van der Waals surface area contributed by atoms with Gasteiger partial charge in [0.1, 0.15) is 11.5 Å². The molecule has 0 amide bonds. The number of ether oxygens (including phenoxy) is 1. The van der Waals surface area contributed by atoms with E-state index in [2.05, 4.69) is 174 Å². The van der Waals surface area contributed by atoms with Gasteiger partial charge in [-0.05, 0) is 108 Å². The van der Waals surface area contributed by atoms with Gasteiger partial charge >= 0.3 is 0 Å². The van der Waals surface area contributed by atoms with E-state index in [0.717, 1.165) is 22.7 Å². The molecule has 2 nitrogen and oxygen atoms in total. The lowest BCUT2D eigenvalue weighted by Gasteiger charge is -2.24. The summed E-state index contributed by atoms with van der Waals surface area (Å²) < 4.78 is 8.91. The van der Waals surface area contributed by atoms with Crippen molar-refractivity contribution in [2.45, 2.75) is 0 Å². The first kappa shape index (κ1) is 27.9. The Morgan fingerprint density at radius 1 is 0.327 bits per heavy atom. The van der Waals surface area contributed by atoms with Crippen LogP contribution >= 0.6 is 0 Å². The van der Waals surface area contributed by atoms with Crippen LogP contribution in [0.15, 0.2) is 176 Å². The molecule has 0 fully saturated rings. The molecule has 240 valence electrons. The van der Waals surface area contributed by atoms with E-state index in [4.69, 9.17) is 4.74 Å². The lowest BCUT2D eigenvalue weighted by atomic mass is 9.83. The lowest BCUT2D eigenvalue weighted by molar-refractivity contribution is 0.487. The molecule has 0 N–H and O–H groups in total. The summed E-state index contributed by atoms with van der Waals surface area (Å²) in [6.45, 7) is 0. The highest BCUT2D eigenvalue weighted by Gasteiger charge is 2.24. The molecule has 0 spiro atoms. The summed E-state index contributed by atoms with van der Waals surface area (Å²) in [5.41, 5.74) is 10.9. The first-order valence-electron chi connectivity index (χ1n) is 17.9. The van der Waals surface area contributed by atoms with E-state index in [0.29, 0.717) is 0 Å². The number of aromatic nitrogens is 1. The van der Waals surface area contributed by atoms with Crippen LogP contribution in [-0.2, 0) is 0 Å². The van der Waals surface area contributed by atoms with Gasteiger partial charge in [0, 0.05) is 27.4 Å². The van der Waals surface area contributed by atoms with Crippen molar-refractivity contribution in [3.05, 3.63) is 176 Å². The Labute approximate surface area is 299 Å². The van der Waals surface area contributed by atoms with E-state index in [1.54, 1.807) is 0 Å². The van der Waals surface area contributed by atoms with Crippen LogP contribution in [0, 0.1) is 0 Å². The molecular weight excluding hydrogens is 631 g/mol. The number of benzene rings is 10. The van der Waals surface area contributed by atoms with Gasteiger partial charge in [-0.15, -0.1) is 0 Å². The van der Waals surface area contributed by atoms with Gasteiger partial charge in [-0.3, -0.25) is 0 Å². The summed E-state index contributed by atoms with van der Waals surface area (Å²) in [4.78, 5) is 0. The zero-order valence-electron chi connectivity index (χ0n) is 28.1. The molecule has 10 aromatic carbocycles. The molecule has 0 bridgehead atoms. The van der Waals surface area contributed by atoms with Crippen molar-refractivity contribution in [1.82, 2.24) is 4.57 Å². The van der Waals surface area contributed by atoms with E-state index in [1.165, 1.54) is 92.7 Å². The molecule has 0 saturated heterocycles. The van der Waals surface area contributed by atoms with Crippen molar-refractivity contribution >= 4 is 64.9 Å². The molecule has 11 aromatic rings. The number of hydrogen-bond donors (Lipinski definition) is 0. The highest BCUT2D eigenvalue weighted by molar-refractivity contribution is 6.26. The second-order valence-corrected chi connectivity index (χ2v) is 14.0. The van der Waals surface area contributed by atoms with Gasteiger partial charge in [-0.25, -0.2) is 0 Å². The van der Waals surface area contributed by atoms with Crippen LogP contribution in [0.25, 0.3) is 104 Å². The summed E-state index contributed by atoms with van der Waals surface area (Å²) >= 11 is 0. The van der Waals surface area contributed by atoms with Gasteiger partial charge in [0.05, 0.1) is 11.0 Å². The third-order valence-corrected chi connectivity index (χ3v) is 11.3. The lowest BCUT2D eigenvalue weighted by Crippen LogP contribution is -1.98. The minimum atomic E-state index is 0.907. The van der Waals surface area contributed by atoms with Crippen LogP contribution in [0.1, 0.15) is 0 Å². The van der Waals surface area contributed by atoms with Gasteiger partial charge in [0.15, 0.2) is 0 Å². The van der Waals surface area contributed by atoms with E-state index >= 15 is 0 Å². The molecule has 0 radical (unpaired) electrons. The van der Waals surface area contributed by atoms with Gasteiger partial charge in [-0.2, -0.15) is 0 Å². The second-order valence-electron chi connectivity index (χ2n) is 14.0. The van der Waals surface area contributed by atoms with Gasteiger partial charge in [0.25, 0.3) is 0 Å². The quantitative estimate of drug-likeness (QED) is 0.136. The number of hydrogen-bond acceptors (Lipinski definition) is 1. The molecule has 52 heavy (non-hydrogen) atoms. The molecule has 1 aromatic heterocycles. The monoisotopic (exact) mass is 659 g/mol. The number of fused-ring (bicyclic) bond motifs is 4. The predicted molar refractivity (Wildman–Crippen MR) is 218 cm³/mol. The highest BCUT2D eigenvalue weighted by atomic mass is 16.5. The Morgan fingerprint density at radius 3 is 1.56 bits per heavy atom. The molecule has 2 heteroatoms. The minimum Gasteiger partial charge on any atom is -0.456 e. The normalized spacial score (nSPS) is 12.4. The van der Waals surface area contributed by atoms with Crippen LogP contribution in [0.4, 0.5) is 0 Å². The van der Waals surface area contributed by atoms with Crippen molar-refractivity contribution in [1.29, 1.82) is 0 Å². The molecule has 1 aliphatic rings. The van der Waals surface area contributed by atoms with Gasteiger partial charge in [-0.1, -0.05) is 133 Å². The third-order valence-electron chi connectivity index (χ3n) is 11.3. The first-order valence-corrected chi connectivity index (χ1v) is 17.9. The van der Waals surface area contributed by atoms with Crippen LogP contribution in [0.3, 0.4) is 0 Å². The average Bonchev–Trinajstić information content (AvgIpc) is 3.55. The molecule has 0 unspecified atom stereocenters. The molecule has 12 rings (SSSR count). The molecule has 0 atom stereocenters. The second kappa shape index (κ2) is 10.3. The zero-order chi connectivity index (χ0) is 33.9. The Kier molecular flexibility index (Phi) is 5.53. The fourth-order valence-corrected chi connectivity index (χ4v) is 9.20. The van der Waals surface area contributed by atoms with Crippen molar-refractivity contribution in [2.75, 3.05) is 0 Å². The molecule has 2 heterocycles. The zero-order valence-corrected chi connectivity index (χ0v) is 28.1. The van der Waals surface area contributed by atoms with E-state index in [-0.39, 0.29) is 0 Å². The number of nitrogens with zero attached hydrogens (tertiary/aromatic N) is 1. The fraction of sp³-hybridized carbons (Fsp3) is 0. The Morgan fingerprint density at radius 2 is 0.885 bits per heavy atom. The number of rotatable bonds is 3. The van der Waals surface area contributed by atoms with E-state index in [1.807, 2.05) is 6.07 Å². The molecule has 0 saturated carbocycles. The van der Waals surface area contributed by atoms with Crippen LogP contribution in [0.2, 0.25) is 0 Å². The standard InChI is InChI=1S/C50H29NO/c1-3-15-38-36(13-1)46(32-24-26-33(27-25-32)51-42-19-7-10-30-22-23-31-11-8-20-43(51)48(31)47(30)42)37-14-2-4-16-39(37)49(38)41-28-29-45-50-35(17-9-18-40(41)50)34-12-5-6-21-44(34)52-45/h1-29H. The highest BCUT2D eigenvalue weighted by Crippen LogP contribution is 2.51. The summed E-state index contributed by atoms with van der Waals surface area (Å²) in [5, 5.41) is 12.6. The van der Waals surface area contributed by atoms with Gasteiger partial charge < -0.3 is 9.30 Å². The maximum atomic E-state index is 6.49. The van der Waals surface area contributed by atoms with Crippen molar-refractivity contribution in [3.63, 3.8) is 0 Å². The molecular formula is C50H29NO. The van der Waals surface area contributed by atoms with Crippen LogP contribution in [-0.4, -0.2) is 4.57 Å². The SMILES string of the molecule is c1ccc2c(c1)Oc1ccc(-c3c4ccccc4c(-c4ccc(-n5c6cccc7ccc8cccc5c8c76)cc4)c4ccccc34)c3cccc-2c13. The predicted octanol–water partition coefficient (Wildman–Crippen LogP) is 13.9. The Hall–Kier alpha value is -6.90. The smallest absolute Gasteiger partial charge is 0.135 e. The first-order chi connectivity index (χ1) is 25.8. The van der Waals surface area contributed by atoms with Crippen molar-refractivity contribution in [3.8, 4) is 50.6 Å². The average molecular weight is 660 g/mol. The van der Waals surface area contributed by atoms with E-state index in [9.17, 15) is 0 Å². The van der Waals surface area contributed by atoms with Crippen LogP contribution in [0.5, 0.6) is 11.5 Å². The maximum absolute atomic E-state index is 6.49. The fourth-order valence-electron chi connectivity index (χ4n) is 9.20. The molecule has 0 aliphatic carbocycles. The summed E-state index contributed by atoms with van der Waals surface area (Å²) in [6.07, 6.45) is 0. The minimum absolute atomic E-state index is 0.907. The summed E-state index contributed by atoms with van der Waals surface area (Å²) in [6, 6.07) is 64.3. The Balaban J connectivity index is 1.09.